The van der Waals surface area contributed by atoms with Crippen LogP contribution in [0.1, 0.15) is 81.8 Å². The van der Waals surface area contributed by atoms with Crippen molar-refractivity contribution >= 4 is 54.8 Å². The number of hydrogen-bond acceptors (Lipinski definition) is 11. The van der Waals surface area contributed by atoms with E-state index in [0.717, 1.165) is 45.8 Å². The van der Waals surface area contributed by atoms with Crippen LogP contribution in [0.2, 0.25) is 0 Å². The van der Waals surface area contributed by atoms with E-state index in [9.17, 15) is 51.2 Å². The molecule has 15 nitrogen and oxygen atoms in total. The average molecular weight is 879 g/mol. The van der Waals surface area contributed by atoms with Crippen LogP contribution in [0.4, 0.5) is 11.4 Å². The van der Waals surface area contributed by atoms with E-state index in [1.807, 2.05) is 56.6 Å². The minimum Gasteiger partial charge on any atom is -0.394 e. The Hall–Kier alpha value is -3.75. The number of allylic oxidation sites excluding steroid dienone is 8. The Labute approximate surface area is 349 Å². The molecule has 1 amide bonds. The van der Waals surface area contributed by atoms with Crippen LogP contribution < -0.4 is 10.6 Å². The van der Waals surface area contributed by atoms with Gasteiger partial charge in [0.25, 0.3) is 26.1 Å². The highest BCUT2D eigenvalue weighted by molar-refractivity contribution is 7.86. The van der Waals surface area contributed by atoms with Crippen molar-refractivity contribution in [3.05, 3.63) is 99.3 Å². The van der Waals surface area contributed by atoms with Crippen molar-refractivity contribution in [3.8, 4) is 0 Å². The van der Waals surface area contributed by atoms with Gasteiger partial charge in [-0.2, -0.15) is 21.4 Å². The van der Waals surface area contributed by atoms with E-state index in [2.05, 4.69) is 10.6 Å². The number of carbonyl (C=O) groups excluding carboxylic acids is 1. The highest BCUT2D eigenvalue weighted by atomic mass is 35.5. The summed E-state index contributed by atoms with van der Waals surface area (Å²) in [5, 5.41) is 54.4. The van der Waals surface area contributed by atoms with Gasteiger partial charge in [-0.15, -0.1) is 0 Å². The zero-order chi connectivity index (χ0) is 43.8. The predicted octanol–water partition coefficient (Wildman–Crippen LogP) is 3.59. The molecule has 322 valence electrons. The summed E-state index contributed by atoms with van der Waals surface area (Å²) in [6.07, 6.45) is 2.93. The molecule has 2 aliphatic heterocycles. The third kappa shape index (κ3) is 9.91. The zero-order valence-electron chi connectivity index (χ0n) is 33.4. The van der Waals surface area contributed by atoms with Gasteiger partial charge in [0.2, 0.25) is 5.69 Å². The fourth-order valence-electron chi connectivity index (χ4n) is 7.58. The van der Waals surface area contributed by atoms with Crippen molar-refractivity contribution in [2.75, 3.05) is 25.0 Å². The van der Waals surface area contributed by atoms with E-state index in [4.69, 9.17) is 16.7 Å². The minimum atomic E-state index is -4.38. The largest absolute Gasteiger partial charge is 0.394 e. The van der Waals surface area contributed by atoms with Gasteiger partial charge >= 0.3 is 0 Å². The Bertz CT molecular complexity index is 2370. The number of halogens is 1. The molecule has 0 spiro atoms. The lowest BCUT2D eigenvalue weighted by Gasteiger charge is -2.25. The molecule has 2 aromatic rings. The van der Waals surface area contributed by atoms with Crippen molar-refractivity contribution in [2.45, 2.75) is 106 Å². The number of carbonyl (C=O) groups is 1. The van der Waals surface area contributed by atoms with E-state index in [0.29, 0.717) is 23.6 Å². The summed E-state index contributed by atoms with van der Waals surface area (Å²) in [6, 6.07) is 9.39. The Morgan fingerprint density at radius 2 is 1.59 bits per heavy atom. The van der Waals surface area contributed by atoms with Crippen LogP contribution in [-0.4, -0.2) is 117 Å². The number of anilines is 1. The molecule has 2 heterocycles. The lowest BCUT2D eigenvalue weighted by molar-refractivity contribution is -0.438. The van der Waals surface area contributed by atoms with Gasteiger partial charge in [-0.3, -0.25) is 13.9 Å². The summed E-state index contributed by atoms with van der Waals surface area (Å²) in [4.78, 5) is 13.1. The number of rotatable bonds is 15. The first-order valence-electron chi connectivity index (χ1n) is 19.1. The first kappa shape index (κ1) is 46.3. The van der Waals surface area contributed by atoms with Crippen molar-refractivity contribution in [1.82, 2.24) is 5.32 Å². The molecule has 0 saturated heterocycles. The number of amides is 1. The third-order valence-electron chi connectivity index (χ3n) is 11.5. The number of aliphatic hydroxyl groups excluding tert-OH is 5. The Morgan fingerprint density at radius 1 is 0.915 bits per heavy atom. The van der Waals surface area contributed by atoms with Crippen LogP contribution in [0.15, 0.2) is 87.5 Å². The lowest BCUT2D eigenvalue weighted by Crippen LogP contribution is -2.49. The Morgan fingerprint density at radius 3 is 2.24 bits per heavy atom. The molecule has 5 rings (SSSR count). The van der Waals surface area contributed by atoms with Crippen molar-refractivity contribution < 1.29 is 60.8 Å². The molecular weight excluding hydrogens is 826 g/mol. The second kappa shape index (κ2) is 17.7. The Balaban J connectivity index is 1.43. The maximum Gasteiger partial charge on any atom is 0.294 e. The quantitative estimate of drug-likeness (QED) is 0.0918. The van der Waals surface area contributed by atoms with Crippen molar-refractivity contribution in [3.63, 3.8) is 0 Å². The number of aliphatic hydroxyl groups is 5. The van der Waals surface area contributed by atoms with Crippen LogP contribution in [0, 0.1) is 0 Å². The standard InChI is InChI=1S/C41H52ClN3O12S2/c1-23(58(52,53)54)17-18-45-31-14-9-26(39(51)43-21-32(47)37(49)38(50)33(48)22-46)19-29(31)41(4,5)35(45)16-11-25-8-6-7-24(36(25)42)10-15-34-40(2,3)28-20-27(59(55,56)57)12-13-30(28)44-34/h9-16,19-20,23,32-33,37-38,46-50H,6-8,17-18,21-22H2,1-5H3,(H3,43,51,52,53,54,55,56,57)/p+1. The summed E-state index contributed by atoms with van der Waals surface area (Å²) in [5.74, 6) is -0.598. The van der Waals surface area contributed by atoms with E-state index in [1.165, 1.54) is 19.1 Å². The highest BCUT2D eigenvalue weighted by Gasteiger charge is 2.45. The van der Waals surface area contributed by atoms with Gasteiger partial charge in [0.1, 0.15) is 18.3 Å². The van der Waals surface area contributed by atoms with Gasteiger partial charge < -0.3 is 36.2 Å². The molecule has 0 aromatic heterocycles. The molecule has 59 heavy (non-hydrogen) atoms. The Kier molecular flexibility index (Phi) is 13.9. The fraction of sp³-hybridized carbons (Fsp3) is 0.463. The maximum atomic E-state index is 13.3. The molecule has 3 aliphatic rings. The fourth-order valence-corrected chi connectivity index (χ4v) is 8.80. The second-order valence-corrected chi connectivity index (χ2v) is 19.9. The van der Waals surface area contributed by atoms with E-state index in [1.54, 1.807) is 24.3 Å². The van der Waals surface area contributed by atoms with E-state index in [-0.39, 0.29) is 23.4 Å². The number of nitrogens with one attached hydrogen (secondary N) is 2. The second-order valence-electron chi connectivity index (χ2n) is 16.2. The zero-order valence-corrected chi connectivity index (χ0v) is 35.8. The number of nitrogens with zero attached hydrogens (tertiary/aromatic N) is 1. The molecule has 0 radical (unpaired) electrons. The number of benzene rings is 2. The minimum absolute atomic E-state index is 0.0847. The summed E-state index contributed by atoms with van der Waals surface area (Å²) in [6.45, 7) is 8.11. The average Bonchev–Trinajstić information content (AvgIpc) is 3.56. The van der Waals surface area contributed by atoms with Crippen molar-refractivity contribution in [2.24, 2.45) is 0 Å². The van der Waals surface area contributed by atoms with Crippen LogP contribution in [-0.2, 0) is 31.1 Å². The first-order chi connectivity index (χ1) is 27.4. The lowest BCUT2D eigenvalue weighted by atomic mass is 9.80. The molecule has 5 atom stereocenters. The van der Waals surface area contributed by atoms with E-state index < -0.39 is 79.8 Å². The van der Waals surface area contributed by atoms with Gasteiger partial charge in [0.05, 0.1) is 28.3 Å². The van der Waals surface area contributed by atoms with Gasteiger partial charge in [-0.05, 0) is 93.2 Å². The third-order valence-corrected chi connectivity index (χ3v) is 14.1. The first-order valence-corrected chi connectivity index (χ1v) is 22.5. The molecular formula is C41H53ClN3O12S2+. The predicted molar refractivity (Wildman–Crippen MR) is 223 cm³/mol. The molecule has 18 heteroatoms. The number of hydrogen-bond donors (Lipinski definition) is 9. The SMILES string of the molecule is CC(CC[N+]1=C(/C=C/C2=C(Cl)C(=C/C=C3/Nc4ccc(S(=O)(=O)O)cc4C3(C)C)/CCC2)C(C)(C)c2cc(C(=O)NCC(O)C(O)C(O)C(O)CO)ccc21)S(=O)(=O)O. The van der Waals surface area contributed by atoms with E-state index >= 15 is 0 Å². The molecule has 5 unspecified atom stereocenters. The van der Waals surface area contributed by atoms with Gasteiger partial charge in [0, 0.05) is 58.1 Å². The molecule has 0 fully saturated rings. The molecule has 9 N–H and O–H groups in total. The highest BCUT2D eigenvalue weighted by Crippen LogP contribution is 2.45. The summed E-state index contributed by atoms with van der Waals surface area (Å²) < 4.78 is 68.8. The summed E-state index contributed by atoms with van der Waals surface area (Å²) >= 11 is 7.05. The topological polar surface area (TPSA) is 254 Å². The smallest absolute Gasteiger partial charge is 0.294 e. The van der Waals surface area contributed by atoms with Gasteiger partial charge in [-0.25, -0.2) is 0 Å². The normalized spacial score (nSPS) is 21.6. The summed E-state index contributed by atoms with van der Waals surface area (Å²) in [7, 11) is -8.70. The molecule has 0 bridgehead atoms. The monoisotopic (exact) mass is 878 g/mol. The molecule has 2 aromatic carbocycles. The van der Waals surface area contributed by atoms with Crippen molar-refractivity contribution in [1.29, 1.82) is 0 Å². The number of fused-ring (bicyclic) bond motifs is 2. The maximum absolute atomic E-state index is 13.3. The van der Waals surface area contributed by atoms with Gasteiger partial charge in [0.15, 0.2) is 12.3 Å². The van der Waals surface area contributed by atoms with Crippen LogP contribution in [0.25, 0.3) is 0 Å². The van der Waals surface area contributed by atoms with Crippen LogP contribution in [0.5, 0.6) is 0 Å². The van der Waals surface area contributed by atoms with Crippen LogP contribution in [0.3, 0.4) is 0 Å². The summed E-state index contributed by atoms with van der Waals surface area (Å²) in [5.41, 5.74) is 5.11. The van der Waals surface area contributed by atoms with Gasteiger partial charge in [-0.1, -0.05) is 37.6 Å². The van der Waals surface area contributed by atoms with Crippen LogP contribution >= 0.6 is 11.6 Å². The molecule has 1 aliphatic carbocycles. The molecule has 0 saturated carbocycles.